The second kappa shape index (κ2) is 7.28. The molecule has 2 rings (SSSR count). The van der Waals surface area contributed by atoms with E-state index in [2.05, 4.69) is 5.32 Å². The van der Waals surface area contributed by atoms with Crippen LogP contribution in [-0.2, 0) is 11.3 Å². The molecular weight excluding hydrogens is 271 g/mol. The van der Waals surface area contributed by atoms with Crippen molar-refractivity contribution in [1.82, 2.24) is 5.32 Å². The van der Waals surface area contributed by atoms with E-state index in [1.165, 1.54) is 12.1 Å². The second-order valence-corrected chi connectivity index (χ2v) is 4.58. The van der Waals surface area contributed by atoms with Crippen LogP contribution in [0.15, 0.2) is 48.5 Å². The SMILES string of the molecule is Nc1cccc(OCCC(=O)NCc2cccc(F)c2)c1. The molecule has 0 fully saturated rings. The standard InChI is InChI=1S/C16H17FN2O2/c17-13-4-1-3-12(9-13)11-19-16(20)7-8-21-15-6-2-5-14(18)10-15/h1-6,9-10H,7-8,11,18H2,(H,19,20). The van der Waals surface area contributed by atoms with Gasteiger partial charge >= 0.3 is 0 Å². The molecule has 0 saturated heterocycles. The molecule has 2 aromatic carbocycles. The Morgan fingerprint density at radius 3 is 2.76 bits per heavy atom. The molecule has 0 aliphatic carbocycles. The van der Waals surface area contributed by atoms with Gasteiger partial charge in [-0.25, -0.2) is 4.39 Å². The van der Waals surface area contributed by atoms with Gasteiger partial charge in [-0.2, -0.15) is 0 Å². The summed E-state index contributed by atoms with van der Waals surface area (Å²) >= 11 is 0. The monoisotopic (exact) mass is 288 g/mol. The average molecular weight is 288 g/mol. The van der Waals surface area contributed by atoms with Gasteiger partial charge in [0.2, 0.25) is 5.91 Å². The first-order chi connectivity index (χ1) is 10.1. The van der Waals surface area contributed by atoms with Crippen molar-refractivity contribution in [3.8, 4) is 5.75 Å². The fourth-order valence-electron chi connectivity index (χ4n) is 1.80. The molecule has 0 saturated carbocycles. The Morgan fingerprint density at radius 2 is 2.00 bits per heavy atom. The minimum Gasteiger partial charge on any atom is -0.493 e. The summed E-state index contributed by atoms with van der Waals surface area (Å²) in [6.45, 7) is 0.563. The molecule has 4 nitrogen and oxygen atoms in total. The predicted molar refractivity (Wildman–Crippen MR) is 79.2 cm³/mol. The third kappa shape index (κ3) is 5.14. The number of carbonyl (C=O) groups excluding carboxylic acids is 1. The van der Waals surface area contributed by atoms with Crippen LogP contribution in [0.4, 0.5) is 10.1 Å². The van der Waals surface area contributed by atoms with E-state index in [4.69, 9.17) is 10.5 Å². The Balaban J connectivity index is 1.70. The number of amides is 1. The van der Waals surface area contributed by atoms with E-state index >= 15 is 0 Å². The van der Waals surface area contributed by atoms with Crippen LogP contribution in [0.5, 0.6) is 5.75 Å². The lowest BCUT2D eigenvalue weighted by Crippen LogP contribution is -2.24. The number of rotatable bonds is 6. The predicted octanol–water partition coefficient (Wildman–Crippen LogP) is 2.49. The molecule has 0 aromatic heterocycles. The summed E-state index contributed by atoms with van der Waals surface area (Å²) in [5.41, 5.74) is 6.96. The van der Waals surface area contributed by atoms with Crippen LogP contribution in [0, 0.1) is 5.82 Å². The lowest BCUT2D eigenvalue weighted by atomic mass is 10.2. The fourth-order valence-corrected chi connectivity index (χ4v) is 1.80. The normalized spacial score (nSPS) is 10.1. The van der Waals surface area contributed by atoms with Gasteiger partial charge < -0.3 is 15.8 Å². The fraction of sp³-hybridized carbons (Fsp3) is 0.188. The first kappa shape index (κ1) is 14.8. The molecule has 0 spiro atoms. The summed E-state index contributed by atoms with van der Waals surface area (Å²) in [5.74, 6) is 0.169. The summed E-state index contributed by atoms with van der Waals surface area (Å²) in [5, 5.41) is 2.71. The van der Waals surface area contributed by atoms with Crippen LogP contribution in [0.2, 0.25) is 0 Å². The highest BCUT2D eigenvalue weighted by Crippen LogP contribution is 2.14. The second-order valence-electron chi connectivity index (χ2n) is 4.58. The first-order valence-electron chi connectivity index (χ1n) is 6.63. The Labute approximate surface area is 122 Å². The maximum absolute atomic E-state index is 13.0. The molecule has 0 aliphatic heterocycles. The van der Waals surface area contributed by atoms with Gasteiger partial charge in [-0.05, 0) is 29.8 Å². The van der Waals surface area contributed by atoms with Crippen molar-refractivity contribution in [2.45, 2.75) is 13.0 Å². The van der Waals surface area contributed by atoms with Gasteiger partial charge in [0, 0.05) is 18.3 Å². The quantitative estimate of drug-likeness (QED) is 0.803. The Hall–Kier alpha value is -2.56. The zero-order valence-corrected chi connectivity index (χ0v) is 11.5. The molecule has 0 bridgehead atoms. The summed E-state index contributed by atoms with van der Waals surface area (Å²) in [7, 11) is 0. The summed E-state index contributed by atoms with van der Waals surface area (Å²) in [6, 6.07) is 13.2. The topological polar surface area (TPSA) is 64.3 Å². The number of nitrogens with two attached hydrogens (primary N) is 1. The number of anilines is 1. The van der Waals surface area contributed by atoms with Crippen molar-refractivity contribution in [2.24, 2.45) is 0 Å². The number of carbonyl (C=O) groups is 1. The maximum atomic E-state index is 13.0. The molecule has 5 heteroatoms. The molecule has 1 amide bonds. The zero-order chi connectivity index (χ0) is 15.1. The molecule has 0 aliphatic rings. The highest BCUT2D eigenvalue weighted by atomic mass is 19.1. The van der Waals surface area contributed by atoms with Crippen LogP contribution < -0.4 is 15.8 Å². The van der Waals surface area contributed by atoms with Gasteiger partial charge in [-0.1, -0.05) is 18.2 Å². The van der Waals surface area contributed by atoms with Crippen molar-refractivity contribution in [1.29, 1.82) is 0 Å². The van der Waals surface area contributed by atoms with Gasteiger partial charge in [-0.15, -0.1) is 0 Å². The van der Waals surface area contributed by atoms with E-state index in [0.29, 0.717) is 18.0 Å². The van der Waals surface area contributed by atoms with E-state index in [1.54, 1.807) is 36.4 Å². The Kier molecular flexibility index (Phi) is 5.15. The number of nitrogens with one attached hydrogen (secondary N) is 1. The molecule has 0 unspecified atom stereocenters. The van der Waals surface area contributed by atoms with Crippen LogP contribution in [0.3, 0.4) is 0 Å². The highest BCUT2D eigenvalue weighted by molar-refractivity contribution is 5.76. The van der Waals surface area contributed by atoms with Gasteiger partial charge in [0.05, 0.1) is 13.0 Å². The van der Waals surface area contributed by atoms with Crippen molar-refractivity contribution in [3.63, 3.8) is 0 Å². The smallest absolute Gasteiger partial charge is 0.223 e. The summed E-state index contributed by atoms with van der Waals surface area (Å²) in [6.07, 6.45) is 0.226. The van der Waals surface area contributed by atoms with E-state index in [0.717, 1.165) is 5.56 Å². The minimum atomic E-state index is -0.313. The number of ether oxygens (including phenoxy) is 1. The van der Waals surface area contributed by atoms with Crippen LogP contribution >= 0.6 is 0 Å². The molecular formula is C16H17FN2O2. The van der Waals surface area contributed by atoms with Gasteiger partial charge in [0.1, 0.15) is 11.6 Å². The third-order valence-electron chi connectivity index (χ3n) is 2.83. The van der Waals surface area contributed by atoms with Crippen molar-refractivity contribution in [3.05, 3.63) is 59.9 Å². The Bertz CT molecular complexity index is 617. The average Bonchev–Trinajstić information content (AvgIpc) is 2.45. The summed E-state index contributed by atoms with van der Waals surface area (Å²) in [4.78, 5) is 11.6. The molecule has 110 valence electrons. The molecule has 2 aromatic rings. The van der Waals surface area contributed by atoms with Crippen LogP contribution in [0.25, 0.3) is 0 Å². The van der Waals surface area contributed by atoms with Crippen LogP contribution in [0.1, 0.15) is 12.0 Å². The number of halogens is 1. The van der Waals surface area contributed by atoms with E-state index < -0.39 is 0 Å². The Morgan fingerprint density at radius 1 is 1.19 bits per heavy atom. The van der Waals surface area contributed by atoms with E-state index in [9.17, 15) is 9.18 Å². The molecule has 0 radical (unpaired) electrons. The lowest BCUT2D eigenvalue weighted by molar-refractivity contribution is -0.121. The number of benzene rings is 2. The molecule has 21 heavy (non-hydrogen) atoms. The van der Waals surface area contributed by atoms with Gasteiger partial charge in [0.25, 0.3) is 0 Å². The molecule has 0 heterocycles. The number of hydrogen-bond acceptors (Lipinski definition) is 3. The number of hydrogen-bond donors (Lipinski definition) is 2. The van der Waals surface area contributed by atoms with E-state index in [1.807, 2.05) is 0 Å². The van der Waals surface area contributed by atoms with Crippen molar-refractivity contribution < 1.29 is 13.9 Å². The third-order valence-corrected chi connectivity index (χ3v) is 2.83. The van der Waals surface area contributed by atoms with Gasteiger partial charge in [0.15, 0.2) is 0 Å². The van der Waals surface area contributed by atoms with Crippen molar-refractivity contribution >= 4 is 11.6 Å². The van der Waals surface area contributed by atoms with E-state index in [-0.39, 0.29) is 24.8 Å². The lowest BCUT2D eigenvalue weighted by Gasteiger charge is -2.08. The van der Waals surface area contributed by atoms with Crippen molar-refractivity contribution in [2.75, 3.05) is 12.3 Å². The van der Waals surface area contributed by atoms with Gasteiger partial charge in [-0.3, -0.25) is 4.79 Å². The van der Waals surface area contributed by atoms with Crippen LogP contribution in [-0.4, -0.2) is 12.5 Å². The first-order valence-corrected chi connectivity index (χ1v) is 6.63. The highest BCUT2D eigenvalue weighted by Gasteiger charge is 2.03. The number of nitrogen functional groups attached to an aromatic ring is 1. The largest absolute Gasteiger partial charge is 0.493 e. The zero-order valence-electron chi connectivity index (χ0n) is 11.5. The minimum absolute atomic E-state index is 0.150. The summed E-state index contributed by atoms with van der Waals surface area (Å²) < 4.78 is 18.4. The molecule has 0 atom stereocenters. The maximum Gasteiger partial charge on any atom is 0.223 e. The molecule has 3 N–H and O–H groups in total.